The van der Waals surface area contributed by atoms with Crippen LogP contribution in [0.5, 0.6) is 0 Å². The third kappa shape index (κ3) is 2.04. The van der Waals surface area contributed by atoms with Gasteiger partial charge in [-0.25, -0.2) is 0 Å². The van der Waals surface area contributed by atoms with E-state index >= 15 is 0 Å². The zero-order chi connectivity index (χ0) is 23.8. The van der Waals surface area contributed by atoms with Gasteiger partial charge in [-0.2, -0.15) is 0 Å². The first-order chi connectivity index (χ1) is 18.3. The lowest BCUT2D eigenvalue weighted by molar-refractivity contribution is 0.668. The van der Waals surface area contributed by atoms with Gasteiger partial charge in [0.2, 0.25) is 0 Å². The predicted molar refractivity (Wildman–Crippen MR) is 152 cm³/mol. The highest BCUT2D eigenvalue weighted by Gasteiger charge is 2.26. The van der Waals surface area contributed by atoms with Crippen molar-refractivity contribution in [2.24, 2.45) is 0 Å². The molecule has 9 aromatic rings. The molecule has 0 atom stereocenters. The van der Waals surface area contributed by atoms with Crippen LogP contribution in [-0.4, -0.2) is 4.57 Å². The van der Waals surface area contributed by atoms with E-state index in [-0.39, 0.29) is 0 Å². The SMILES string of the molecule is c1ccc2c(c1)oc1cc(-n3c4cccc5c4c4c6c(ccc7oc8cccc-5c8c76)ccc43)ccc12. The average molecular weight is 472 g/mol. The first kappa shape index (κ1) is 18.3. The molecule has 0 radical (unpaired) electrons. The van der Waals surface area contributed by atoms with Gasteiger partial charge >= 0.3 is 0 Å². The van der Waals surface area contributed by atoms with Crippen molar-refractivity contribution in [2.45, 2.75) is 0 Å². The van der Waals surface area contributed by atoms with Gasteiger partial charge < -0.3 is 13.4 Å². The average Bonchev–Trinajstić information content (AvgIpc) is 3.58. The van der Waals surface area contributed by atoms with Crippen LogP contribution >= 0.6 is 0 Å². The third-order valence-corrected chi connectivity index (χ3v) is 8.31. The molecule has 0 saturated heterocycles. The Morgan fingerprint density at radius 1 is 0.432 bits per heavy atom. The van der Waals surface area contributed by atoms with E-state index < -0.39 is 0 Å². The summed E-state index contributed by atoms with van der Waals surface area (Å²) in [5.41, 5.74) is 9.69. The van der Waals surface area contributed by atoms with E-state index in [0.717, 1.165) is 38.8 Å². The molecular weight excluding hydrogens is 454 g/mol. The monoisotopic (exact) mass is 471 g/mol. The fourth-order valence-electron chi connectivity index (χ4n) is 6.85. The Kier molecular flexibility index (Phi) is 2.98. The van der Waals surface area contributed by atoms with Crippen LogP contribution in [0.25, 0.3) is 93.3 Å². The van der Waals surface area contributed by atoms with Gasteiger partial charge in [-0.15, -0.1) is 0 Å². The van der Waals surface area contributed by atoms with Crippen LogP contribution in [0.1, 0.15) is 0 Å². The second-order valence-electron chi connectivity index (χ2n) is 10.1. The van der Waals surface area contributed by atoms with Gasteiger partial charge in [0, 0.05) is 49.5 Å². The summed E-state index contributed by atoms with van der Waals surface area (Å²) in [6.45, 7) is 0. The summed E-state index contributed by atoms with van der Waals surface area (Å²) in [5, 5.41) is 9.83. The largest absolute Gasteiger partial charge is 0.456 e. The number of hydrogen-bond acceptors (Lipinski definition) is 2. The quantitative estimate of drug-likeness (QED) is 0.239. The molecule has 0 fully saturated rings. The lowest BCUT2D eigenvalue weighted by Gasteiger charge is -2.10. The molecule has 6 aromatic carbocycles. The van der Waals surface area contributed by atoms with Gasteiger partial charge in [0.15, 0.2) is 0 Å². The van der Waals surface area contributed by atoms with Gasteiger partial charge in [-0.1, -0.05) is 54.6 Å². The molecule has 0 saturated carbocycles. The number of hydrogen-bond donors (Lipinski definition) is 0. The molecule has 170 valence electrons. The standard InChI is InChI=1S/C34H17NO2/c1-2-9-26-20(5-1)21-14-13-19(17-29(21)36-26)35-24-8-3-6-22-23-7-4-10-27-32(23)34-28(37-27)16-12-18-11-15-25(35)33(30(18)34)31(22)24/h1-17H. The first-order valence-corrected chi connectivity index (χ1v) is 12.6. The van der Waals surface area contributed by atoms with Crippen molar-refractivity contribution in [1.29, 1.82) is 0 Å². The van der Waals surface area contributed by atoms with E-state index in [9.17, 15) is 0 Å². The van der Waals surface area contributed by atoms with E-state index in [4.69, 9.17) is 8.83 Å². The third-order valence-electron chi connectivity index (χ3n) is 8.31. The van der Waals surface area contributed by atoms with E-state index in [2.05, 4.69) is 95.6 Å². The number of fused-ring (bicyclic) bond motifs is 4. The van der Waals surface area contributed by atoms with Crippen molar-refractivity contribution < 1.29 is 8.83 Å². The van der Waals surface area contributed by atoms with Crippen LogP contribution in [0.2, 0.25) is 0 Å². The number of nitrogens with zero attached hydrogens (tertiary/aromatic N) is 1. The van der Waals surface area contributed by atoms with Crippen LogP contribution in [0.15, 0.2) is 112 Å². The van der Waals surface area contributed by atoms with Crippen LogP contribution in [0, 0.1) is 0 Å². The molecule has 0 N–H and O–H groups in total. The smallest absolute Gasteiger partial charge is 0.137 e. The van der Waals surface area contributed by atoms with Crippen molar-refractivity contribution >= 4 is 76.5 Å². The summed E-state index contributed by atoms with van der Waals surface area (Å²) in [4.78, 5) is 0. The Morgan fingerprint density at radius 2 is 1.16 bits per heavy atom. The molecule has 0 aliphatic heterocycles. The Bertz CT molecular complexity index is 2470. The summed E-state index contributed by atoms with van der Waals surface area (Å²) >= 11 is 0. The summed E-state index contributed by atoms with van der Waals surface area (Å²) in [7, 11) is 0. The maximum atomic E-state index is 6.36. The highest BCUT2D eigenvalue weighted by Crippen LogP contribution is 2.50. The van der Waals surface area contributed by atoms with Crippen molar-refractivity contribution in [3.05, 3.63) is 103 Å². The van der Waals surface area contributed by atoms with Crippen molar-refractivity contribution in [3.8, 4) is 16.8 Å². The summed E-state index contributed by atoms with van der Waals surface area (Å²) in [6.07, 6.45) is 0. The van der Waals surface area contributed by atoms with Crippen LogP contribution in [0.4, 0.5) is 0 Å². The van der Waals surface area contributed by atoms with Crippen LogP contribution in [0.3, 0.4) is 0 Å². The summed E-state index contributed by atoms with van der Waals surface area (Å²) < 4.78 is 15.0. The maximum Gasteiger partial charge on any atom is 0.137 e. The molecule has 3 aromatic heterocycles. The fourth-order valence-corrected chi connectivity index (χ4v) is 6.85. The van der Waals surface area contributed by atoms with E-state index in [1.54, 1.807) is 0 Å². The summed E-state index contributed by atoms with van der Waals surface area (Å²) in [6, 6.07) is 36.8. The topological polar surface area (TPSA) is 31.2 Å². The summed E-state index contributed by atoms with van der Waals surface area (Å²) in [5.74, 6) is 0. The number of rotatable bonds is 1. The molecule has 3 nitrogen and oxygen atoms in total. The molecule has 3 heteroatoms. The number of benzene rings is 6. The van der Waals surface area contributed by atoms with E-state index in [0.29, 0.717) is 0 Å². The Balaban J connectivity index is 1.45. The minimum absolute atomic E-state index is 0.905. The number of para-hydroxylation sites is 1. The second-order valence-corrected chi connectivity index (χ2v) is 10.1. The van der Waals surface area contributed by atoms with E-state index in [1.807, 2.05) is 12.1 Å². The predicted octanol–water partition coefficient (Wildman–Crippen LogP) is 9.72. The van der Waals surface area contributed by atoms with E-state index in [1.165, 1.54) is 54.5 Å². The van der Waals surface area contributed by atoms with Gasteiger partial charge in [0.05, 0.1) is 11.0 Å². The second kappa shape index (κ2) is 6.03. The Labute approximate surface area is 209 Å². The molecule has 3 heterocycles. The van der Waals surface area contributed by atoms with Gasteiger partial charge in [0.1, 0.15) is 22.3 Å². The Morgan fingerprint density at radius 3 is 2.14 bits per heavy atom. The molecule has 0 bridgehead atoms. The number of furan rings is 2. The molecule has 0 spiro atoms. The van der Waals surface area contributed by atoms with Gasteiger partial charge in [0.25, 0.3) is 0 Å². The van der Waals surface area contributed by atoms with Crippen molar-refractivity contribution in [1.82, 2.24) is 4.57 Å². The van der Waals surface area contributed by atoms with Crippen LogP contribution in [-0.2, 0) is 0 Å². The normalized spacial score (nSPS) is 12.9. The number of aromatic nitrogens is 1. The molecule has 0 unspecified atom stereocenters. The lowest BCUT2D eigenvalue weighted by Crippen LogP contribution is -1.94. The molecule has 1 aliphatic carbocycles. The fraction of sp³-hybridized carbons (Fsp3) is 0. The highest BCUT2D eigenvalue weighted by atomic mass is 16.3. The molecule has 37 heavy (non-hydrogen) atoms. The minimum atomic E-state index is 0.905. The van der Waals surface area contributed by atoms with Gasteiger partial charge in [-0.05, 0) is 59.0 Å². The zero-order valence-electron chi connectivity index (χ0n) is 19.6. The Hall–Kier alpha value is -5.02. The molecule has 0 amide bonds. The maximum absolute atomic E-state index is 6.36. The highest BCUT2D eigenvalue weighted by molar-refractivity contribution is 6.37. The van der Waals surface area contributed by atoms with Gasteiger partial charge in [-0.3, -0.25) is 0 Å². The first-order valence-electron chi connectivity index (χ1n) is 12.6. The van der Waals surface area contributed by atoms with Crippen molar-refractivity contribution in [2.75, 3.05) is 0 Å². The van der Waals surface area contributed by atoms with Crippen LogP contribution < -0.4 is 0 Å². The zero-order valence-corrected chi connectivity index (χ0v) is 19.6. The molecule has 1 aliphatic rings. The minimum Gasteiger partial charge on any atom is -0.456 e. The lowest BCUT2D eigenvalue weighted by atomic mass is 9.98. The molecular formula is C34H17NO2. The molecule has 10 rings (SSSR count). The van der Waals surface area contributed by atoms with Crippen molar-refractivity contribution in [3.63, 3.8) is 0 Å².